The molecular formula is C34H31N7O10. The van der Waals surface area contributed by atoms with Crippen LogP contribution in [0.1, 0.15) is 43.3 Å². The van der Waals surface area contributed by atoms with Gasteiger partial charge in [-0.05, 0) is 67.9 Å². The van der Waals surface area contributed by atoms with Crippen LogP contribution in [0.3, 0.4) is 0 Å². The summed E-state index contributed by atoms with van der Waals surface area (Å²) in [4.78, 5) is 95.9. The number of fused-ring (bicyclic) bond motifs is 3. The topological polar surface area (TPSA) is 292 Å². The van der Waals surface area contributed by atoms with E-state index in [1.165, 1.54) is 61.6 Å². The third-order valence-electron chi connectivity index (χ3n) is 10.1. The quantitative estimate of drug-likeness (QED) is 0.160. The van der Waals surface area contributed by atoms with Crippen molar-refractivity contribution in [3.05, 3.63) is 65.0 Å². The van der Waals surface area contributed by atoms with Gasteiger partial charge in [0.15, 0.2) is 34.5 Å². The van der Waals surface area contributed by atoms with E-state index in [2.05, 4.69) is 10.5 Å². The number of nitrogens with zero attached hydrogens (tertiary/aromatic N) is 3. The number of amides is 2. The molecule has 6 rings (SSSR count). The second kappa shape index (κ2) is 11.8. The summed E-state index contributed by atoms with van der Waals surface area (Å²) < 4.78 is 9.80. The lowest BCUT2D eigenvalue weighted by Gasteiger charge is -2.60. The number of hydrogen-bond donors (Lipinski definition) is 5. The molecule has 3 aliphatic rings. The summed E-state index contributed by atoms with van der Waals surface area (Å²) in [6.07, 6.45) is 0.286. The van der Waals surface area contributed by atoms with Gasteiger partial charge in [-0.1, -0.05) is 11.2 Å². The van der Waals surface area contributed by atoms with Gasteiger partial charge in [0.05, 0.1) is 42.1 Å². The van der Waals surface area contributed by atoms with Gasteiger partial charge >= 0.3 is 5.97 Å². The summed E-state index contributed by atoms with van der Waals surface area (Å²) in [5.41, 5.74) is 12.4. The second-order valence-corrected chi connectivity index (χ2v) is 13.2. The predicted octanol–water partition coefficient (Wildman–Crippen LogP) is -0.498. The SMILES string of the molecule is COC(=O)c1cc(NC(=O)c2ccno2)cc(-c2ccc(O)c3c2C[C@@]2(N)C[C@@]4(N)C(N(C)C)C(=O)C(C(N)=O)C(=O)[C@@]4(C#N)C(=O)C2C3=O)c1. The van der Waals surface area contributed by atoms with Crippen LogP contribution in [0.15, 0.2) is 47.1 Å². The molecule has 51 heavy (non-hydrogen) atoms. The first kappa shape index (κ1) is 34.8. The highest BCUT2D eigenvalue weighted by atomic mass is 16.5. The first-order valence-electron chi connectivity index (χ1n) is 15.4. The van der Waals surface area contributed by atoms with Gasteiger partial charge in [-0.15, -0.1) is 0 Å². The summed E-state index contributed by atoms with van der Waals surface area (Å²) in [5.74, 6) is -12.5. The van der Waals surface area contributed by atoms with Crippen molar-refractivity contribution in [2.45, 2.75) is 30.0 Å². The van der Waals surface area contributed by atoms with E-state index in [0.29, 0.717) is 0 Å². The standard InChI is InChI=1S/C34H31N7O10/c1-41(2)26-25(44)22(29(36)47)27(45)33(13-35)28(46)23-24(43)21-18(11-32(23,37)12-34(26,33)38)17(4-5-19(21)42)14-8-15(31(49)50-3)10-16(9-14)40-30(48)20-6-7-39-51-20/h4-10,22-23,26,42H,11-12,37-38H2,1-3H3,(H2,36,47)(H,40,48)/t22?,23?,26?,32-,33+,34-/m1/s1. The Morgan fingerprint density at radius 1 is 1.10 bits per heavy atom. The third kappa shape index (κ3) is 4.79. The molecule has 0 aliphatic heterocycles. The first-order valence-corrected chi connectivity index (χ1v) is 15.4. The van der Waals surface area contributed by atoms with Crippen LogP contribution in [-0.2, 0) is 30.3 Å². The fraction of sp³-hybridized carbons (Fsp3) is 0.324. The monoisotopic (exact) mass is 697 g/mol. The van der Waals surface area contributed by atoms with E-state index in [-0.39, 0.29) is 45.7 Å². The van der Waals surface area contributed by atoms with Gasteiger partial charge in [0.2, 0.25) is 11.7 Å². The summed E-state index contributed by atoms with van der Waals surface area (Å²) in [7, 11) is 3.95. The van der Waals surface area contributed by atoms with E-state index in [4.69, 9.17) is 26.5 Å². The summed E-state index contributed by atoms with van der Waals surface area (Å²) in [6, 6.07) is 8.21. The maximum absolute atomic E-state index is 14.6. The molecule has 2 aromatic carbocycles. The number of carbonyl (C=O) groups excluding carboxylic acids is 7. The Morgan fingerprint density at radius 2 is 1.80 bits per heavy atom. The van der Waals surface area contributed by atoms with Crippen LogP contribution in [-0.4, -0.2) is 94.4 Å². The molecule has 0 spiro atoms. The van der Waals surface area contributed by atoms with Gasteiger partial charge in [0.25, 0.3) is 5.91 Å². The predicted molar refractivity (Wildman–Crippen MR) is 173 cm³/mol. The van der Waals surface area contributed by atoms with Crippen molar-refractivity contribution in [1.82, 2.24) is 10.1 Å². The maximum atomic E-state index is 14.6. The normalized spacial score (nSPS) is 28.3. The molecule has 0 bridgehead atoms. The number of Topliss-reactive ketones (excluding diaryl/α,β-unsaturated/α-hetero) is 4. The average molecular weight is 698 g/mol. The third-order valence-corrected chi connectivity index (χ3v) is 10.1. The number of nitriles is 1. The molecule has 262 valence electrons. The molecule has 6 atom stereocenters. The molecule has 2 amide bonds. The van der Waals surface area contributed by atoms with E-state index in [1.54, 1.807) is 6.07 Å². The highest BCUT2D eigenvalue weighted by Crippen LogP contribution is 2.57. The number of aromatic hydroxyl groups is 1. The fourth-order valence-corrected chi connectivity index (χ4v) is 8.09. The number of carbonyl (C=O) groups is 7. The minimum absolute atomic E-state index is 0.0169. The Balaban J connectivity index is 1.54. The largest absolute Gasteiger partial charge is 0.507 e. The summed E-state index contributed by atoms with van der Waals surface area (Å²) in [5, 5.41) is 27.7. The zero-order chi connectivity index (χ0) is 37.4. The number of ketones is 4. The number of primary amides is 1. The van der Waals surface area contributed by atoms with Crippen molar-refractivity contribution >= 4 is 46.6 Å². The molecule has 3 aliphatic carbocycles. The number of phenols is 1. The fourth-order valence-electron chi connectivity index (χ4n) is 8.09. The van der Waals surface area contributed by atoms with Gasteiger partial charge in [-0.2, -0.15) is 5.26 Å². The van der Waals surface area contributed by atoms with Gasteiger partial charge in [0.1, 0.15) is 11.7 Å². The van der Waals surface area contributed by atoms with Gasteiger partial charge in [-0.3, -0.25) is 33.7 Å². The highest BCUT2D eigenvalue weighted by Gasteiger charge is 2.78. The lowest BCUT2D eigenvalue weighted by Crippen LogP contribution is -2.85. The number of benzene rings is 2. The first-order chi connectivity index (χ1) is 24.0. The van der Waals surface area contributed by atoms with Crippen molar-refractivity contribution in [2.24, 2.45) is 34.5 Å². The number of anilines is 1. The van der Waals surface area contributed by atoms with Crippen molar-refractivity contribution in [2.75, 3.05) is 26.5 Å². The molecule has 0 saturated heterocycles. The smallest absolute Gasteiger partial charge is 0.337 e. The molecule has 2 fully saturated rings. The molecule has 17 nitrogen and oxygen atoms in total. The minimum atomic E-state index is -2.89. The van der Waals surface area contributed by atoms with Crippen LogP contribution in [0.4, 0.5) is 5.69 Å². The highest BCUT2D eigenvalue weighted by molar-refractivity contribution is 6.33. The molecular weight excluding hydrogens is 666 g/mol. The Bertz CT molecular complexity index is 2140. The number of likely N-dealkylation sites (N-methyl/N-ethyl adjacent to an activating group) is 1. The Labute approximate surface area is 288 Å². The van der Waals surface area contributed by atoms with E-state index in [1.807, 2.05) is 0 Å². The summed E-state index contributed by atoms with van der Waals surface area (Å²) in [6.45, 7) is 0. The zero-order valence-corrected chi connectivity index (χ0v) is 27.4. The molecule has 0 radical (unpaired) electrons. The number of rotatable bonds is 6. The van der Waals surface area contributed by atoms with Crippen molar-refractivity contribution in [1.29, 1.82) is 5.26 Å². The number of hydrogen-bond acceptors (Lipinski definition) is 15. The molecule has 3 unspecified atom stereocenters. The maximum Gasteiger partial charge on any atom is 0.337 e. The molecule has 1 heterocycles. The van der Waals surface area contributed by atoms with E-state index >= 15 is 0 Å². The number of nitrogens with two attached hydrogens (primary N) is 3. The number of ether oxygens (including phenoxy) is 1. The second-order valence-electron chi connectivity index (χ2n) is 13.2. The van der Waals surface area contributed by atoms with Crippen LogP contribution in [0.25, 0.3) is 11.1 Å². The van der Waals surface area contributed by atoms with Crippen LogP contribution in [0.5, 0.6) is 5.75 Å². The number of esters is 1. The zero-order valence-electron chi connectivity index (χ0n) is 27.4. The van der Waals surface area contributed by atoms with E-state index < -0.39 is 87.5 Å². The van der Waals surface area contributed by atoms with E-state index in [0.717, 1.165) is 7.11 Å². The molecule has 2 saturated carbocycles. The van der Waals surface area contributed by atoms with Gasteiger partial charge in [0, 0.05) is 17.3 Å². The molecule has 1 aromatic heterocycles. The minimum Gasteiger partial charge on any atom is -0.507 e. The lowest BCUT2D eigenvalue weighted by molar-refractivity contribution is -0.166. The Morgan fingerprint density at radius 3 is 2.39 bits per heavy atom. The molecule has 17 heteroatoms. The van der Waals surface area contributed by atoms with Crippen molar-refractivity contribution < 1.29 is 47.9 Å². The summed E-state index contributed by atoms with van der Waals surface area (Å²) >= 11 is 0. The number of phenolic OH excluding ortho intramolecular Hbond substituents is 1. The number of aromatic nitrogens is 1. The molecule has 8 N–H and O–H groups in total. The van der Waals surface area contributed by atoms with Crippen LogP contribution >= 0.6 is 0 Å². The number of nitrogens with one attached hydrogen (secondary N) is 1. The van der Waals surface area contributed by atoms with Gasteiger partial charge < -0.3 is 36.9 Å². The van der Waals surface area contributed by atoms with Gasteiger partial charge in [-0.25, -0.2) is 4.79 Å². The van der Waals surface area contributed by atoms with E-state index in [9.17, 15) is 43.9 Å². The Kier molecular flexibility index (Phi) is 8.02. The average Bonchev–Trinajstić information content (AvgIpc) is 3.59. The Hall–Kier alpha value is -6.09. The van der Waals surface area contributed by atoms with Crippen LogP contribution in [0, 0.1) is 28.6 Å². The number of methoxy groups -OCH3 is 1. The van der Waals surface area contributed by atoms with Crippen LogP contribution in [0.2, 0.25) is 0 Å². The lowest BCUT2D eigenvalue weighted by atomic mass is 9.42. The van der Waals surface area contributed by atoms with Crippen molar-refractivity contribution in [3.8, 4) is 22.9 Å². The molecule has 3 aromatic rings. The van der Waals surface area contributed by atoms with Crippen molar-refractivity contribution in [3.63, 3.8) is 0 Å². The van der Waals surface area contributed by atoms with Crippen LogP contribution < -0.4 is 22.5 Å².